The van der Waals surface area contributed by atoms with Crippen LogP contribution in [0, 0.1) is 0 Å². The topological polar surface area (TPSA) is 58.1 Å². The lowest BCUT2D eigenvalue weighted by molar-refractivity contribution is -0.0320. The molecular formula is C17H33F2IN4O2. The Balaban J connectivity index is 0.00000338. The molecule has 0 spiro atoms. The number of halogens is 3. The van der Waals surface area contributed by atoms with Crippen molar-refractivity contribution < 1.29 is 18.3 Å². The number of alkyl halides is 2. The molecule has 2 aliphatic heterocycles. The molecule has 0 atom stereocenters. The first-order valence-corrected chi connectivity index (χ1v) is 9.34. The first-order valence-electron chi connectivity index (χ1n) is 9.34. The Morgan fingerprint density at radius 3 is 2.54 bits per heavy atom. The number of nitrogens with zero attached hydrogens (tertiary/aromatic N) is 2. The summed E-state index contributed by atoms with van der Waals surface area (Å²) in [4.78, 5) is 6.07. The Morgan fingerprint density at radius 1 is 1.23 bits per heavy atom. The van der Waals surface area contributed by atoms with Crippen molar-refractivity contribution in [1.82, 2.24) is 15.5 Å². The van der Waals surface area contributed by atoms with Gasteiger partial charge < -0.3 is 20.1 Å². The largest absolute Gasteiger partial charge is 0.381 e. The zero-order valence-corrected chi connectivity index (χ0v) is 17.9. The molecule has 2 heterocycles. The third-order valence-corrected chi connectivity index (χ3v) is 4.68. The fourth-order valence-corrected chi connectivity index (χ4v) is 3.21. The predicted octanol–water partition coefficient (Wildman–Crippen LogP) is 2.08. The summed E-state index contributed by atoms with van der Waals surface area (Å²) < 4.78 is 36.0. The maximum Gasteiger partial charge on any atom is 0.251 e. The summed E-state index contributed by atoms with van der Waals surface area (Å²) in [6.07, 6.45) is 2.71. The maximum absolute atomic E-state index is 12.4. The van der Waals surface area contributed by atoms with E-state index in [0.29, 0.717) is 25.2 Å². The molecular weight excluding hydrogens is 457 g/mol. The van der Waals surface area contributed by atoms with Gasteiger partial charge in [-0.05, 0) is 32.1 Å². The molecule has 0 saturated carbocycles. The number of piperidine rings is 1. The van der Waals surface area contributed by atoms with Crippen LogP contribution in [0.1, 0.15) is 32.1 Å². The minimum absolute atomic E-state index is 0. The van der Waals surface area contributed by atoms with Gasteiger partial charge in [0, 0.05) is 52.5 Å². The van der Waals surface area contributed by atoms with Crippen LogP contribution in [0.4, 0.5) is 8.78 Å². The smallest absolute Gasteiger partial charge is 0.251 e. The molecule has 9 heteroatoms. The van der Waals surface area contributed by atoms with Crippen LogP contribution in [0.25, 0.3) is 0 Å². The summed E-state index contributed by atoms with van der Waals surface area (Å²) in [7, 11) is 1.75. The lowest BCUT2D eigenvalue weighted by atomic mass is 10.1. The van der Waals surface area contributed by atoms with Crippen molar-refractivity contribution in [1.29, 1.82) is 0 Å². The molecule has 0 aliphatic carbocycles. The fourth-order valence-electron chi connectivity index (χ4n) is 3.21. The Hall–Kier alpha value is -0.260. The Morgan fingerprint density at radius 2 is 1.92 bits per heavy atom. The zero-order valence-electron chi connectivity index (χ0n) is 15.6. The van der Waals surface area contributed by atoms with E-state index in [1.165, 1.54) is 0 Å². The number of rotatable bonds is 8. The number of guanidine groups is 1. The van der Waals surface area contributed by atoms with Crippen LogP contribution in [0.5, 0.6) is 0 Å². The highest BCUT2D eigenvalue weighted by atomic mass is 127. The molecule has 0 aromatic heterocycles. The maximum atomic E-state index is 12.4. The highest BCUT2D eigenvalue weighted by Gasteiger charge is 2.21. The number of hydrogen-bond acceptors (Lipinski definition) is 4. The van der Waals surface area contributed by atoms with Gasteiger partial charge in [0.05, 0.1) is 12.6 Å². The highest BCUT2D eigenvalue weighted by Crippen LogP contribution is 2.12. The molecule has 2 rings (SSSR count). The first kappa shape index (κ1) is 23.8. The van der Waals surface area contributed by atoms with E-state index in [9.17, 15) is 8.78 Å². The standard InChI is InChI=1S/C17H32F2N4O2.HI/c1-20-17(21-7-2-10-25-15-5-11-24-12-6-15)22-14-3-8-23(9-4-14)13-16(18)19;/h14-16H,2-13H2,1H3,(H2,20,21,22);1H. The first-order chi connectivity index (χ1) is 12.2. The van der Waals surface area contributed by atoms with E-state index in [1.54, 1.807) is 7.05 Å². The summed E-state index contributed by atoms with van der Waals surface area (Å²) in [5, 5.41) is 6.69. The van der Waals surface area contributed by atoms with E-state index in [-0.39, 0.29) is 30.5 Å². The molecule has 2 aliphatic rings. The molecule has 0 bridgehead atoms. The van der Waals surface area contributed by atoms with Crippen molar-refractivity contribution in [3.05, 3.63) is 0 Å². The zero-order chi connectivity index (χ0) is 17.9. The second-order valence-corrected chi connectivity index (χ2v) is 6.65. The summed E-state index contributed by atoms with van der Waals surface area (Å²) in [5.41, 5.74) is 0. The van der Waals surface area contributed by atoms with Crippen molar-refractivity contribution >= 4 is 29.9 Å². The SMILES string of the molecule is CN=C(NCCCOC1CCOCC1)NC1CCN(CC(F)F)CC1.I. The molecule has 0 aromatic rings. The lowest BCUT2D eigenvalue weighted by Crippen LogP contribution is -2.49. The second kappa shape index (κ2) is 13.8. The van der Waals surface area contributed by atoms with Gasteiger partial charge >= 0.3 is 0 Å². The molecule has 2 N–H and O–H groups in total. The molecule has 6 nitrogen and oxygen atoms in total. The van der Waals surface area contributed by atoms with Gasteiger partial charge in [-0.1, -0.05) is 0 Å². The lowest BCUT2D eigenvalue weighted by Gasteiger charge is -2.32. The van der Waals surface area contributed by atoms with Gasteiger partial charge in [-0.25, -0.2) is 8.78 Å². The number of likely N-dealkylation sites (tertiary alicyclic amines) is 1. The summed E-state index contributed by atoms with van der Waals surface area (Å²) >= 11 is 0. The van der Waals surface area contributed by atoms with Gasteiger partial charge in [0.1, 0.15) is 0 Å². The van der Waals surface area contributed by atoms with Crippen LogP contribution in [0.15, 0.2) is 4.99 Å². The molecule has 0 amide bonds. The fraction of sp³-hybridized carbons (Fsp3) is 0.941. The monoisotopic (exact) mass is 490 g/mol. The van der Waals surface area contributed by atoms with Gasteiger partial charge in [0.15, 0.2) is 5.96 Å². The minimum Gasteiger partial charge on any atom is -0.381 e. The average molecular weight is 490 g/mol. The highest BCUT2D eigenvalue weighted by molar-refractivity contribution is 14.0. The van der Waals surface area contributed by atoms with Crippen molar-refractivity contribution in [2.75, 3.05) is 53.0 Å². The molecule has 0 aromatic carbocycles. The number of nitrogens with one attached hydrogen (secondary N) is 2. The van der Waals surface area contributed by atoms with Crippen LogP contribution >= 0.6 is 24.0 Å². The Bertz CT molecular complexity index is 391. The average Bonchev–Trinajstić information content (AvgIpc) is 2.62. The summed E-state index contributed by atoms with van der Waals surface area (Å²) in [5.74, 6) is 0.776. The minimum atomic E-state index is -2.25. The van der Waals surface area contributed by atoms with Crippen LogP contribution in [0.3, 0.4) is 0 Å². The summed E-state index contributed by atoms with van der Waals surface area (Å²) in [6.45, 7) is 4.43. The van der Waals surface area contributed by atoms with Gasteiger partial charge in [-0.2, -0.15) is 0 Å². The predicted molar refractivity (Wildman–Crippen MR) is 110 cm³/mol. The number of ether oxygens (including phenoxy) is 2. The third-order valence-electron chi connectivity index (χ3n) is 4.68. The normalized spacial score (nSPS) is 20.8. The van der Waals surface area contributed by atoms with Gasteiger partial charge in [-0.15, -0.1) is 24.0 Å². The van der Waals surface area contributed by atoms with E-state index >= 15 is 0 Å². The van der Waals surface area contributed by atoms with Gasteiger partial charge in [0.25, 0.3) is 6.43 Å². The van der Waals surface area contributed by atoms with Crippen LogP contribution in [0.2, 0.25) is 0 Å². The summed E-state index contributed by atoms with van der Waals surface area (Å²) in [6, 6.07) is 0.290. The van der Waals surface area contributed by atoms with Crippen molar-refractivity contribution in [3.8, 4) is 0 Å². The quantitative estimate of drug-likeness (QED) is 0.236. The van der Waals surface area contributed by atoms with Crippen LogP contribution < -0.4 is 10.6 Å². The number of aliphatic imine (C=N–C) groups is 1. The van der Waals surface area contributed by atoms with E-state index in [2.05, 4.69) is 15.6 Å². The van der Waals surface area contributed by atoms with Crippen LogP contribution in [-0.4, -0.2) is 82.5 Å². The van der Waals surface area contributed by atoms with Gasteiger partial charge in [0.2, 0.25) is 0 Å². The Labute approximate surface area is 172 Å². The molecule has 26 heavy (non-hydrogen) atoms. The van der Waals surface area contributed by atoms with Crippen molar-refractivity contribution in [2.24, 2.45) is 4.99 Å². The van der Waals surface area contributed by atoms with Crippen molar-refractivity contribution in [3.63, 3.8) is 0 Å². The van der Waals surface area contributed by atoms with E-state index in [1.807, 2.05) is 4.90 Å². The molecule has 0 unspecified atom stereocenters. The second-order valence-electron chi connectivity index (χ2n) is 6.65. The molecule has 0 radical (unpaired) electrons. The van der Waals surface area contributed by atoms with Gasteiger partial charge in [-0.3, -0.25) is 9.89 Å². The molecule has 2 saturated heterocycles. The van der Waals surface area contributed by atoms with E-state index < -0.39 is 6.43 Å². The van der Waals surface area contributed by atoms with Crippen molar-refractivity contribution in [2.45, 2.75) is 50.7 Å². The van der Waals surface area contributed by atoms with Crippen LogP contribution in [-0.2, 0) is 9.47 Å². The number of hydrogen-bond donors (Lipinski definition) is 2. The Kier molecular flexibility index (Phi) is 12.7. The molecule has 2 fully saturated rings. The third kappa shape index (κ3) is 9.61. The van der Waals surface area contributed by atoms with E-state index in [4.69, 9.17) is 9.47 Å². The molecule has 154 valence electrons. The van der Waals surface area contributed by atoms with E-state index in [0.717, 1.165) is 64.4 Å².